The summed E-state index contributed by atoms with van der Waals surface area (Å²) in [5, 5.41) is 27.9. The fourth-order valence-corrected chi connectivity index (χ4v) is 3.87. The van der Waals surface area contributed by atoms with E-state index in [-0.39, 0.29) is 102 Å². The maximum absolute atomic E-state index is 13.3. The lowest BCUT2D eigenvalue weighted by atomic mass is 10.1. The normalized spacial score (nSPS) is 11.1. The number of imide groups is 1. The molecule has 18 nitrogen and oxygen atoms in total. The first-order valence-electron chi connectivity index (χ1n) is 14.3. The number of carboxylic acid groups (broad SMARTS) is 2. The van der Waals surface area contributed by atoms with Crippen LogP contribution in [0.15, 0.2) is 0 Å². The van der Waals surface area contributed by atoms with Crippen LogP contribution in [0.3, 0.4) is 0 Å². The highest BCUT2D eigenvalue weighted by atomic mass is 79.9. The molecule has 0 radical (unpaired) electrons. The van der Waals surface area contributed by atoms with Crippen LogP contribution in [0.25, 0.3) is 0 Å². The van der Waals surface area contributed by atoms with Crippen molar-refractivity contribution < 1.29 is 58.0 Å². The lowest BCUT2D eigenvalue weighted by Crippen LogP contribution is -2.51. The van der Waals surface area contributed by atoms with Crippen molar-refractivity contribution in [2.75, 3.05) is 82.8 Å². The lowest BCUT2D eigenvalue weighted by Gasteiger charge is -2.29. The number of ether oxygens (including phenoxy) is 2. The van der Waals surface area contributed by atoms with Crippen LogP contribution in [-0.4, -0.2) is 156 Å². The van der Waals surface area contributed by atoms with E-state index in [9.17, 15) is 38.4 Å². The minimum absolute atomic E-state index is 0.00926. The van der Waals surface area contributed by atoms with E-state index >= 15 is 0 Å². The number of carboxylic acids is 2. The van der Waals surface area contributed by atoms with Crippen molar-refractivity contribution in [2.24, 2.45) is 0 Å². The first-order valence-corrected chi connectivity index (χ1v) is 16.5. The highest BCUT2D eigenvalue weighted by Gasteiger charge is 2.27. The lowest BCUT2D eigenvalue weighted by molar-refractivity contribution is -0.142. The molecule has 0 spiro atoms. The number of aliphatic carboxylic acids is 2. The second-order valence-electron chi connectivity index (χ2n) is 9.43. The molecular weight excluding hydrogens is 739 g/mol. The number of alkyl halides is 3. The Morgan fingerprint density at radius 3 is 1.83 bits per heavy atom. The molecule has 0 aliphatic heterocycles. The van der Waals surface area contributed by atoms with Gasteiger partial charge in [0.1, 0.15) is 24.4 Å². The highest BCUT2D eigenvalue weighted by Crippen LogP contribution is 2.05. The average molecular weight is 780 g/mol. The second kappa shape index (κ2) is 26.8. The molecule has 0 aliphatic rings. The molecule has 21 heteroatoms. The van der Waals surface area contributed by atoms with Gasteiger partial charge >= 0.3 is 18.0 Å². The molecule has 0 saturated carbocycles. The molecule has 7 amide bonds. The Morgan fingerprint density at radius 1 is 0.723 bits per heavy atom. The summed E-state index contributed by atoms with van der Waals surface area (Å²) in [7, 11) is 0. The first-order chi connectivity index (χ1) is 22.4. The van der Waals surface area contributed by atoms with E-state index in [2.05, 4.69) is 37.2 Å². The summed E-state index contributed by atoms with van der Waals surface area (Å²) in [4.78, 5) is 96.9. The van der Waals surface area contributed by atoms with Gasteiger partial charge in [-0.15, -0.1) is 23.2 Å². The quantitative estimate of drug-likeness (QED) is 0.0443. The molecule has 0 bridgehead atoms. The summed E-state index contributed by atoms with van der Waals surface area (Å²) in [6.07, 6.45) is -0.600. The molecule has 6 N–H and O–H groups in total. The maximum atomic E-state index is 13.3. The minimum atomic E-state index is -1.26. The highest BCUT2D eigenvalue weighted by molar-refractivity contribution is 9.09. The van der Waals surface area contributed by atoms with E-state index in [1.165, 1.54) is 4.90 Å². The van der Waals surface area contributed by atoms with Crippen LogP contribution in [0, 0.1) is 0 Å². The molecule has 0 unspecified atom stereocenters. The number of urea groups is 1. The van der Waals surface area contributed by atoms with Gasteiger partial charge < -0.3 is 45.9 Å². The smallest absolute Gasteiger partial charge is 0.326 e. The van der Waals surface area contributed by atoms with Gasteiger partial charge in [-0.2, -0.15) is 0 Å². The minimum Gasteiger partial charge on any atom is -0.481 e. The SMILES string of the molecule is O=C(O)CCCN(C(=O)COCCOCCNC(=O)CC[C@H](NC(=O)CBr)C(=O)O)C(=O)N(CCNC(=O)CCl)CCNC(=O)CCl. The van der Waals surface area contributed by atoms with Crippen LogP contribution in [0.2, 0.25) is 0 Å². The summed E-state index contributed by atoms with van der Waals surface area (Å²) < 4.78 is 10.6. The maximum Gasteiger partial charge on any atom is 0.326 e. The van der Waals surface area contributed by atoms with Crippen LogP contribution in [0.1, 0.15) is 25.7 Å². The topological polar surface area (TPSA) is 250 Å². The van der Waals surface area contributed by atoms with Gasteiger partial charge in [-0.3, -0.25) is 33.7 Å². The van der Waals surface area contributed by atoms with Crippen molar-refractivity contribution in [2.45, 2.75) is 31.7 Å². The Bertz CT molecular complexity index is 1040. The van der Waals surface area contributed by atoms with Gasteiger partial charge in [-0.25, -0.2) is 9.59 Å². The molecule has 0 rings (SSSR count). The van der Waals surface area contributed by atoms with Crippen molar-refractivity contribution >= 4 is 86.6 Å². The molecule has 0 aromatic carbocycles. The monoisotopic (exact) mass is 778 g/mol. The number of nitrogens with one attached hydrogen (secondary N) is 4. The summed E-state index contributed by atoms with van der Waals surface area (Å²) >= 11 is 13.9. The van der Waals surface area contributed by atoms with E-state index in [0.29, 0.717) is 0 Å². The van der Waals surface area contributed by atoms with Crippen molar-refractivity contribution in [1.29, 1.82) is 0 Å². The number of halogens is 3. The van der Waals surface area contributed by atoms with E-state index in [0.717, 1.165) is 4.90 Å². The van der Waals surface area contributed by atoms with Crippen LogP contribution in [0.5, 0.6) is 0 Å². The molecule has 0 aromatic heterocycles. The zero-order valence-corrected chi connectivity index (χ0v) is 28.7. The van der Waals surface area contributed by atoms with Gasteiger partial charge in [-0.05, 0) is 12.8 Å². The summed E-state index contributed by atoms with van der Waals surface area (Å²) in [5.41, 5.74) is 0. The Balaban J connectivity index is 4.85. The van der Waals surface area contributed by atoms with Crippen molar-refractivity contribution in [3.05, 3.63) is 0 Å². The largest absolute Gasteiger partial charge is 0.481 e. The number of carbonyl (C=O) groups excluding carboxylic acids is 6. The average Bonchev–Trinajstić information content (AvgIpc) is 3.04. The number of rotatable bonds is 26. The molecule has 268 valence electrons. The van der Waals surface area contributed by atoms with Crippen molar-refractivity contribution in [1.82, 2.24) is 31.1 Å². The molecular formula is C26H41BrCl2N6O12. The van der Waals surface area contributed by atoms with Crippen molar-refractivity contribution in [3.63, 3.8) is 0 Å². The number of hydrogen-bond acceptors (Lipinski definition) is 10. The van der Waals surface area contributed by atoms with Crippen LogP contribution in [-0.2, 0) is 43.0 Å². The number of nitrogens with zero attached hydrogens (tertiary/aromatic N) is 2. The zero-order chi connectivity index (χ0) is 35.6. The van der Waals surface area contributed by atoms with Gasteiger partial charge in [0.15, 0.2) is 0 Å². The first kappa shape index (κ1) is 43.7. The standard InChI is InChI=1S/C26H41BrCl2N6O12/c27-14-20(37)33-18(25(43)44)3-4-19(36)32-7-11-46-12-13-47-17-23(40)35(8-1-2-24(41)42)26(45)34(9-5-30-21(38)15-28)10-6-31-22(39)16-29/h18H,1-17H2,(H,30,38)(H,31,39)(H,32,36)(H,33,37)(H,41,42)(H,43,44)/t18-/m0/s1. The van der Waals surface area contributed by atoms with E-state index in [4.69, 9.17) is 42.9 Å². The Labute approximate surface area is 289 Å². The van der Waals surface area contributed by atoms with Crippen LogP contribution >= 0.6 is 39.1 Å². The molecule has 0 aliphatic carbocycles. The molecule has 0 heterocycles. The second-order valence-corrected chi connectivity index (χ2v) is 10.5. The van der Waals surface area contributed by atoms with Gasteiger partial charge in [0.25, 0.3) is 5.91 Å². The zero-order valence-electron chi connectivity index (χ0n) is 25.6. The van der Waals surface area contributed by atoms with Crippen LogP contribution in [0.4, 0.5) is 4.79 Å². The Kier molecular flexibility index (Phi) is 24.9. The molecule has 1 atom stereocenters. The molecule has 0 aromatic rings. The van der Waals surface area contributed by atoms with E-state index in [1.807, 2.05) is 0 Å². The molecule has 0 fully saturated rings. The third-order valence-corrected chi connectivity index (χ3v) is 6.80. The van der Waals surface area contributed by atoms with Gasteiger partial charge in [-0.1, -0.05) is 15.9 Å². The number of hydrogen-bond donors (Lipinski definition) is 6. The molecule has 47 heavy (non-hydrogen) atoms. The fourth-order valence-electron chi connectivity index (χ4n) is 3.52. The third-order valence-electron chi connectivity index (χ3n) is 5.81. The van der Waals surface area contributed by atoms with Gasteiger partial charge in [0.2, 0.25) is 23.6 Å². The van der Waals surface area contributed by atoms with E-state index in [1.54, 1.807) is 0 Å². The predicted octanol–water partition coefficient (Wildman–Crippen LogP) is -1.29. The summed E-state index contributed by atoms with van der Waals surface area (Å²) in [6, 6.07) is -2.00. The van der Waals surface area contributed by atoms with Crippen LogP contribution < -0.4 is 21.3 Å². The molecule has 0 saturated heterocycles. The summed E-state index contributed by atoms with van der Waals surface area (Å²) in [5.74, 6) is -5.69. The number of amides is 7. The summed E-state index contributed by atoms with van der Waals surface area (Å²) in [6.45, 7) is -0.795. The number of carbonyl (C=O) groups is 8. The van der Waals surface area contributed by atoms with Crippen molar-refractivity contribution in [3.8, 4) is 0 Å². The third kappa shape index (κ3) is 22.0. The Morgan fingerprint density at radius 2 is 1.30 bits per heavy atom. The van der Waals surface area contributed by atoms with Gasteiger partial charge in [0.05, 0.1) is 25.2 Å². The predicted molar refractivity (Wildman–Crippen MR) is 170 cm³/mol. The van der Waals surface area contributed by atoms with E-state index < -0.39 is 60.2 Å². The Hall–Kier alpha value is -3.26. The fraction of sp³-hybridized carbons (Fsp3) is 0.692. The van der Waals surface area contributed by atoms with Gasteiger partial charge in [0, 0.05) is 52.1 Å².